The van der Waals surface area contributed by atoms with Gasteiger partial charge in [0.25, 0.3) is 17.7 Å². The van der Waals surface area contributed by atoms with Crippen LogP contribution in [-0.4, -0.2) is 108 Å². The first-order valence-electron chi connectivity index (χ1n) is 21.6. The van der Waals surface area contributed by atoms with Gasteiger partial charge in [0.15, 0.2) is 0 Å². The molecule has 5 aliphatic heterocycles. The Balaban J connectivity index is 0.739. The SMILES string of the molecule is CC1(C)C(NC(=O)c2ccc(N3CCC(CN4CCN(c5cc6c(cc5F)C(=O)N(C5CCC(=O)NC5=O)C6=O)CC4)CC3)c(F)c2)C2(C)c3ccnc4c(C#N)ccc(c34)O[C@@H]12. The molecule has 63 heavy (non-hydrogen) atoms. The number of nitrogens with zero attached hydrogens (tertiary/aromatic N) is 6. The first kappa shape index (κ1) is 40.6. The van der Waals surface area contributed by atoms with E-state index in [2.05, 4.69) is 47.4 Å². The minimum atomic E-state index is -1.12. The van der Waals surface area contributed by atoms with Gasteiger partial charge in [-0.25, -0.2) is 8.78 Å². The second kappa shape index (κ2) is 14.8. The Morgan fingerprint density at radius 2 is 1.59 bits per heavy atom. The number of ether oxygens (including phenoxy) is 1. The summed E-state index contributed by atoms with van der Waals surface area (Å²) in [5.74, 6) is -3.01. The Labute approximate surface area is 362 Å². The van der Waals surface area contributed by atoms with E-state index in [1.807, 2.05) is 21.9 Å². The summed E-state index contributed by atoms with van der Waals surface area (Å²) in [6, 6.07) is 13.4. The molecule has 1 aromatic heterocycles. The molecule has 10 rings (SSSR count). The molecule has 4 aromatic rings. The predicted octanol–water partition coefficient (Wildman–Crippen LogP) is 4.68. The zero-order valence-corrected chi connectivity index (χ0v) is 35.2. The minimum absolute atomic E-state index is 0.000470. The van der Waals surface area contributed by atoms with Crippen LogP contribution >= 0.6 is 0 Å². The van der Waals surface area contributed by atoms with Crippen LogP contribution in [0.4, 0.5) is 20.2 Å². The summed E-state index contributed by atoms with van der Waals surface area (Å²) in [6.45, 7) is 10.7. The summed E-state index contributed by atoms with van der Waals surface area (Å²) in [7, 11) is 0. The smallest absolute Gasteiger partial charge is 0.262 e. The lowest BCUT2D eigenvalue weighted by atomic mass is 9.45. The number of hydrogen-bond donors (Lipinski definition) is 2. The molecule has 1 aliphatic carbocycles. The van der Waals surface area contributed by atoms with Crippen LogP contribution in [0.25, 0.3) is 10.9 Å². The topological polar surface area (TPSA) is 168 Å². The summed E-state index contributed by atoms with van der Waals surface area (Å²) < 4.78 is 37.9. The number of nitrogens with one attached hydrogen (secondary N) is 2. The average Bonchev–Trinajstić information content (AvgIpc) is 3.51. The fraction of sp³-hybridized carbons (Fsp3) is 0.426. The van der Waals surface area contributed by atoms with E-state index in [1.165, 1.54) is 12.1 Å². The molecule has 3 aromatic carbocycles. The first-order valence-corrected chi connectivity index (χ1v) is 21.6. The fourth-order valence-corrected chi connectivity index (χ4v) is 11.4. The maximum absolute atomic E-state index is 15.9. The van der Waals surface area contributed by atoms with Crippen molar-refractivity contribution >= 4 is 51.8 Å². The van der Waals surface area contributed by atoms with Crippen molar-refractivity contribution in [2.45, 2.75) is 70.1 Å². The molecule has 1 saturated carbocycles. The molecule has 0 radical (unpaired) electrons. The molecule has 6 aliphatic rings. The molecule has 4 fully saturated rings. The van der Waals surface area contributed by atoms with Gasteiger partial charge < -0.3 is 19.9 Å². The number of carbonyl (C=O) groups excluding carboxylic acids is 5. The summed E-state index contributed by atoms with van der Waals surface area (Å²) in [6.07, 6.45) is 3.16. The van der Waals surface area contributed by atoms with Crippen LogP contribution in [-0.2, 0) is 15.0 Å². The van der Waals surface area contributed by atoms with E-state index < -0.39 is 52.1 Å². The maximum Gasteiger partial charge on any atom is 0.262 e. The van der Waals surface area contributed by atoms with Gasteiger partial charge in [-0.2, -0.15) is 5.26 Å². The van der Waals surface area contributed by atoms with Crippen LogP contribution in [0.3, 0.4) is 0 Å². The number of fused-ring (bicyclic) bond motifs is 3. The van der Waals surface area contributed by atoms with Gasteiger partial charge in [0.1, 0.15) is 35.6 Å². The van der Waals surface area contributed by atoms with E-state index in [0.717, 1.165) is 41.3 Å². The average molecular weight is 857 g/mol. The van der Waals surface area contributed by atoms with Crippen LogP contribution in [0.15, 0.2) is 54.7 Å². The third-order valence-electron chi connectivity index (χ3n) is 14.5. The van der Waals surface area contributed by atoms with Crippen molar-refractivity contribution in [1.29, 1.82) is 5.26 Å². The lowest BCUT2D eigenvalue weighted by molar-refractivity contribution is -0.136. The Hall–Kier alpha value is -6.47. The number of nitriles is 1. The van der Waals surface area contributed by atoms with Crippen molar-refractivity contribution in [3.8, 4) is 11.8 Å². The van der Waals surface area contributed by atoms with Gasteiger partial charge >= 0.3 is 0 Å². The number of amides is 5. The van der Waals surface area contributed by atoms with Crippen LogP contribution in [0, 0.1) is 34.3 Å². The summed E-state index contributed by atoms with van der Waals surface area (Å²) >= 11 is 0. The van der Waals surface area contributed by atoms with Gasteiger partial charge in [0.2, 0.25) is 11.8 Å². The summed E-state index contributed by atoms with van der Waals surface area (Å²) in [5.41, 5.74) is 1.76. The van der Waals surface area contributed by atoms with E-state index in [-0.39, 0.29) is 53.3 Å². The second-order valence-corrected chi connectivity index (χ2v) is 18.5. The predicted molar refractivity (Wildman–Crippen MR) is 226 cm³/mol. The molecule has 0 bridgehead atoms. The van der Waals surface area contributed by atoms with Crippen LogP contribution < -0.4 is 25.2 Å². The molecule has 14 nitrogen and oxygen atoms in total. The highest BCUT2D eigenvalue weighted by molar-refractivity contribution is 6.23. The molecular formula is C47H46F2N8O6. The highest BCUT2D eigenvalue weighted by Gasteiger charge is 2.69. The monoisotopic (exact) mass is 856 g/mol. The van der Waals surface area contributed by atoms with Crippen molar-refractivity contribution in [1.82, 2.24) is 25.4 Å². The number of halogens is 2. The number of imide groups is 2. The Morgan fingerprint density at radius 1 is 0.889 bits per heavy atom. The van der Waals surface area contributed by atoms with Gasteiger partial charge in [-0.15, -0.1) is 0 Å². The Kier molecular flexibility index (Phi) is 9.55. The van der Waals surface area contributed by atoms with E-state index in [4.69, 9.17) is 4.74 Å². The molecule has 16 heteroatoms. The van der Waals surface area contributed by atoms with E-state index >= 15 is 8.78 Å². The quantitative estimate of drug-likeness (QED) is 0.248. The zero-order chi connectivity index (χ0) is 44.1. The number of piperidine rings is 2. The summed E-state index contributed by atoms with van der Waals surface area (Å²) in [4.78, 5) is 75.9. The molecule has 0 spiro atoms. The molecule has 2 N–H and O–H groups in total. The molecule has 3 saturated heterocycles. The van der Waals surface area contributed by atoms with Crippen molar-refractivity contribution in [2.24, 2.45) is 11.3 Å². The van der Waals surface area contributed by atoms with E-state index in [1.54, 1.807) is 24.4 Å². The number of anilines is 2. The van der Waals surface area contributed by atoms with E-state index in [0.29, 0.717) is 67.7 Å². The van der Waals surface area contributed by atoms with Crippen molar-refractivity contribution in [3.63, 3.8) is 0 Å². The molecule has 6 heterocycles. The van der Waals surface area contributed by atoms with Crippen LogP contribution in [0.2, 0.25) is 0 Å². The summed E-state index contributed by atoms with van der Waals surface area (Å²) in [5, 5.41) is 15.9. The number of rotatable bonds is 7. The number of aromatic nitrogens is 1. The van der Waals surface area contributed by atoms with Gasteiger partial charge in [0.05, 0.1) is 45.0 Å². The lowest BCUT2D eigenvalue weighted by Gasteiger charge is -2.66. The number of hydrogen-bond acceptors (Lipinski definition) is 11. The molecule has 3 unspecified atom stereocenters. The zero-order valence-electron chi connectivity index (χ0n) is 35.2. The van der Waals surface area contributed by atoms with Crippen LogP contribution in [0.1, 0.15) is 88.7 Å². The minimum Gasteiger partial charge on any atom is -0.488 e. The second-order valence-electron chi connectivity index (χ2n) is 18.5. The third-order valence-corrected chi connectivity index (χ3v) is 14.5. The number of piperazine rings is 1. The van der Waals surface area contributed by atoms with Gasteiger partial charge in [-0.05, 0) is 86.2 Å². The normalized spacial score (nSPS) is 25.5. The Bertz CT molecular complexity index is 2700. The van der Waals surface area contributed by atoms with Crippen molar-refractivity contribution in [3.05, 3.63) is 94.2 Å². The van der Waals surface area contributed by atoms with Gasteiger partial charge in [0, 0.05) is 74.8 Å². The highest BCUT2D eigenvalue weighted by atomic mass is 19.1. The Morgan fingerprint density at radius 3 is 2.29 bits per heavy atom. The standard InChI is InChI=1S/C47H46F2N8O6/c1-46(2)44(47(3)30-10-13-51-39-27(23-50)5-8-36(38(30)39)63-45(46)47)53-40(59)26-4-6-33(31(48)20-26)55-14-11-25(12-15-55)24-54-16-18-56(19-17-54)35-22-29-28(21-32(35)49)42(61)57(43(29)62)34-7-9-37(58)52-41(34)60/h4-6,8,10,13,20-22,25,34,44-45H,7,9,11-12,14-19,24H2,1-3H3,(H,53,59)(H,52,58,60)/t34?,44?,45-,47?/m0/s1. The maximum atomic E-state index is 15.9. The first-order chi connectivity index (χ1) is 30.2. The highest BCUT2D eigenvalue weighted by Crippen LogP contribution is 2.61. The number of benzene rings is 3. The van der Waals surface area contributed by atoms with Crippen molar-refractivity contribution < 1.29 is 37.5 Å². The largest absolute Gasteiger partial charge is 0.488 e. The molecule has 324 valence electrons. The molecule has 4 atom stereocenters. The van der Waals surface area contributed by atoms with E-state index in [9.17, 15) is 29.2 Å². The van der Waals surface area contributed by atoms with Crippen molar-refractivity contribution in [2.75, 3.05) is 55.6 Å². The van der Waals surface area contributed by atoms with Gasteiger partial charge in [-0.3, -0.25) is 44.1 Å². The van der Waals surface area contributed by atoms with Gasteiger partial charge in [-0.1, -0.05) is 13.8 Å². The third kappa shape index (κ3) is 6.33. The lowest BCUT2D eigenvalue weighted by Crippen LogP contribution is -2.78. The fourth-order valence-electron chi connectivity index (χ4n) is 11.4. The number of carbonyl (C=O) groups is 5. The molecular weight excluding hydrogens is 811 g/mol. The number of pyridine rings is 1. The van der Waals surface area contributed by atoms with Crippen LogP contribution in [0.5, 0.6) is 5.75 Å². The molecule has 5 amide bonds.